The molecule has 2 rings (SSSR count). The molecule has 0 aliphatic rings. The lowest BCUT2D eigenvalue weighted by atomic mass is 10.2. The van der Waals surface area contributed by atoms with Gasteiger partial charge in [0.2, 0.25) is 15.9 Å². The first-order chi connectivity index (χ1) is 11.7. The molecule has 0 aliphatic carbocycles. The van der Waals surface area contributed by atoms with Crippen molar-refractivity contribution < 1.29 is 18.0 Å². The van der Waals surface area contributed by atoms with Gasteiger partial charge in [-0.1, -0.05) is 12.1 Å². The number of aromatic nitrogens is 1. The molecule has 7 nitrogen and oxygen atoms in total. The Morgan fingerprint density at radius 3 is 2.32 bits per heavy atom. The summed E-state index contributed by atoms with van der Waals surface area (Å²) in [6, 6.07) is 7.97. The van der Waals surface area contributed by atoms with Crippen LogP contribution in [0.1, 0.15) is 29.8 Å². The minimum Gasteiger partial charge on any atom is -0.309 e. The Hall–Kier alpha value is -2.58. The van der Waals surface area contributed by atoms with E-state index in [0.29, 0.717) is 11.4 Å². The van der Waals surface area contributed by atoms with Crippen molar-refractivity contribution >= 4 is 27.5 Å². The van der Waals surface area contributed by atoms with Gasteiger partial charge in [-0.15, -0.1) is 0 Å². The molecule has 1 aromatic heterocycles. The third-order valence-corrected chi connectivity index (χ3v) is 5.02. The number of hydrogen-bond donors (Lipinski definition) is 2. The second-order valence-electron chi connectivity index (χ2n) is 5.63. The fraction of sp³-hybridized carbons (Fsp3) is 0.235. The fourth-order valence-electron chi connectivity index (χ4n) is 2.06. The number of pyridine rings is 1. The van der Waals surface area contributed by atoms with Gasteiger partial charge in [0.15, 0.2) is 5.78 Å². The number of carbonyl (C=O) groups excluding carboxylic acids is 2. The van der Waals surface area contributed by atoms with Crippen molar-refractivity contribution in [3.63, 3.8) is 0 Å². The van der Waals surface area contributed by atoms with Crippen molar-refractivity contribution in [2.75, 3.05) is 5.32 Å². The van der Waals surface area contributed by atoms with Crippen molar-refractivity contribution in [1.82, 2.24) is 9.71 Å². The standard InChI is InChI=1S/C17H19N3O4S/c1-11-8-9-18-16(10-11)19-17(22)12(2)20-25(23,24)15-6-4-14(5-7-15)13(3)21/h4-10,12,20H,1-3H3,(H,18,19,22)/t12-/m1/s1. The van der Waals surface area contributed by atoms with Gasteiger partial charge >= 0.3 is 0 Å². The van der Waals surface area contributed by atoms with Crippen LogP contribution in [-0.2, 0) is 14.8 Å². The smallest absolute Gasteiger partial charge is 0.243 e. The Labute approximate surface area is 146 Å². The molecule has 0 spiro atoms. The molecule has 2 N–H and O–H groups in total. The molecular weight excluding hydrogens is 342 g/mol. The van der Waals surface area contributed by atoms with E-state index in [1.165, 1.54) is 38.1 Å². The quantitative estimate of drug-likeness (QED) is 0.765. The van der Waals surface area contributed by atoms with Gasteiger partial charge in [0, 0.05) is 11.8 Å². The largest absolute Gasteiger partial charge is 0.309 e. The van der Waals surface area contributed by atoms with Crippen LogP contribution in [-0.4, -0.2) is 31.1 Å². The topological polar surface area (TPSA) is 105 Å². The van der Waals surface area contributed by atoms with Crippen LogP contribution < -0.4 is 10.0 Å². The Balaban J connectivity index is 2.08. The third kappa shape index (κ3) is 4.94. The van der Waals surface area contributed by atoms with Crippen LogP contribution in [0.5, 0.6) is 0 Å². The first-order valence-corrected chi connectivity index (χ1v) is 9.04. The van der Waals surface area contributed by atoms with Crippen LogP contribution >= 0.6 is 0 Å². The number of hydrogen-bond acceptors (Lipinski definition) is 5. The molecule has 25 heavy (non-hydrogen) atoms. The first-order valence-electron chi connectivity index (χ1n) is 7.56. The normalized spacial score (nSPS) is 12.4. The second kappa shape index (κ2) is 7.54. The van der Waals surface area contributed by atoms with E-state index in [2.05, 4.69) is 15.0 Å². The number of Topliss-reactive ketones (excluding diaryl/α,β-unsaturated/α-hetero) is 1. The maximum atomic E-state index is 12.3. The molecule has 0 fully saturated rings. The number of benzene rings is 1. The minimum absolute atomic E-state index is 0.0224. The van der Waals surface area contributed by atoms with E-state index in [1.54, 1.807) is 18.3 Å². The monoisotopic (exact) mass is 361 g/mol. The van der Waals surface area contributed by atoms with Crippen molar-refractivity contribution in [3.05, 3.63) is 53.7 Å². The van der Waals surface area contributed by atoms with Gasteiger partial charge in [0.05, 0.1) is 10.9 Å². The molecule has 1 aromatic carbocycles. The van der Waals surface area contributed by atoms with Gasteiger partial charge in [-0.25, -0.2) is 13.4 Å². The molecule has 0 saturated heterocycles. The summed E-state index contributed by atoms with van der Waals surface area (Å²) in [5.74, 6) is -0.334. The Morgan fingerprint density at radius 1 is 1.12 bits per heavy atom. The Bertz CT molecular complexity index is 892. The molecule has 1 atom stereocenters. The summed E-state index contributed by atoms with van der Waals surface area (Å²) in [5.41, 5.74) is 1.33. The molecule has 0 radical (unpaired) electrons. The number of aryl methyl sites for hydroxylation is 1. The molecule has 132 valence electrons. The number of carbonyl (C=O) groups is 2. The van der Waals surface area contributed by atoms with Crippen molar-refractivity contribution in [2.45, 2.75) is 31.7 Å². The van der Waals surface area contributed by atoms with E-state index in [4.69, 9.17) is 0 Å². The lowest BCUT2D eigenvalue weighted by Gasteiger charge is -2.14. The number of amides is 1. The molecule has 0 saturated carbocycles. The fourth-order valence-corrected chi connectivity index (χ4v) is 3.27. The summed E-state index contributed by atoms with van der Waals surface area (Å²) in [7, 11) is -3.89. The second-order valence-corrected chi connectivity index (χ2v) is 7.35. The van der Waals surface area contributed by atoms with Crippen molar-refractivity contribution in [2.24, 2.45) is 0 Å². The molecule has 1 heterocycles. The highest BCUT2D eigenvalue weighted by atomic mass is 32.2. The van der Waals surface area contributed by atoms with Gasteiger partial charge in [-0.2, -0.15) is 4.72 Å². The minimum atomic E-state index is -3.89. The zero-order chi connectivity index (χ0) is 18.6. The van der Waals surface area contributed by atoms with Crippen LogP contribution in [0.25, 0.3) is 0 Å². The zero-order valence-corrected chi connectivity index (χ0v) is 14.9. The van der Waals surface area contributed by atoms with Crippen LogP contribution in [0.2, 0.25) is 0 Å². The van der Waals surface area contributed by atoms with E-state index in [9.17, 15) is 18.0 Å². The van der Waals surface area contributed by atoms with E-state index in [0.717, 1.165) is 5.56 Å². The molecule has 1 amide bonds. The van der Waals surface area contributed by atoms with Crippen LogP contribution in [0.15, 0.2) is 47.5 Å². The van der Waals surface area contributed by atoms with Crippen LogP contribution in [0.4, 0.5) is 5.82 Å². The third-order valence-electron chi connectivity index (χ3n) is 3.46. The molecule has 2 aromatic rings. The lowest BCUT2D eigenvalue weighted by molar-refractivity contribution is -0.117. The average molecular weight is 361 g/mol. The van der Waals surface area contributed by atoms with E-state index in [1.807, 2.05) is 6.92 Å². The van der Waals surface area contributed by atoms with Gasteiger partial charge in [0.1, 0.15) is 5.82 Å². The number of sulfonamides is 1. The summed E-state index contributed by atoms with van der Waals surface area (Å²) in [5, 5.41) is 2.56. The molecular formula is C17H19N3O4S. The van der Waals surface area contributed by atoms with Crippen LogP contribution in [0, 0.1) is 6.92 Å². The maximum Gasteiger partial charge on any atom is 0.243 e. The molecule has 0 aliphatic heterocycles. The van der Waals surface area contributed by atoms with Gasteiger partial charge in [-0.3, -0.25) is 9.59 Å². The van der Waals surface area contributed by atoms with Gasteiger partial charge in [-0.05, 0) is 50.6 Å². The highest BCUT2D eigenvalue weighted by Crippen LogP contribution is 2.12. The number of nitrogens with zero attached hydrogens (tertiary/aromatic N) is 1. The predicted octanol–water partition coefficient (Wildman–Crippen LogP) is 1.90. The average Bonchev–Trinajstić information content (AvgIpc) is 2.54. The van der Waals surface area contributed by atoms with E-state index >= 15 is 0 Å². The van der Waals surface area contributed by atoms with E-state index in [-0.39, 0.29) is 10.7 Å². The number of nitrogens with one attached hydrogen (secondary N) is 2. The summed E-state index contributed by atoms with van der Waals surface area (Å²) in [4.78, 5) is 27.4. The zero-order valence-electron chi connectivity index (χ0n) is 14.1. The Kier molecular flexibility index (Phi) is 5.66. The summed E-state index contributed by atoms with van der Waals surface area (Å²) < 4.78 is 27.0. The van der Waals surface area contributed by atoms with Crippen molar-refractivity contribution in [3.8, 4) is 0 Å². The highest BCUT2D eigenvalue weighted by molar-refractivity contribution is 7.89. The molecule has 0 unspecified atom stereocenters. The first kappa shape index (κ1) is 18.8. The SMILES string of the molecule is CC(=O)c1ccc(S(=O)(=O)N[C@H](C)C(=O)Nc2cc(C)ccn2)cc1. The number of rotatable bonds is 6. The maximum absolute atomic E-state index is 12.3. The highest BCUT2D eigenvalue weighted by Gasteiger charge is 2.22. The van der Waals surface area contributed by atoms with Gasteiger partial charge < -0.3 is 5.32 Å². The van der Waals surface area contributed by atoms with Crippen molar-refractivity contribution in [1.29, 1.82) is 0 Å². The predicted molar refractivity (Wildman–Crippen MR) is 93.8 cm³/mol. The summed E-state index contributed by atoms with van der Waals surface area (Å²) in [6.45, 7) is 4.69. The van der Waals surface area contributed by atoms with E-state index < -0.39 is 22.0 Å². The number of anilines is 1. The molecule has 8 heteroatoms. The summed E-state index contributed by atoms with van der Waals surface area (Å²) >= 11 is 0. The molecule has 0 bridgehead atoms. The van der Waals surface area contributed by atoms with Crippen LogP contribution in [0.3, 0.4) is 0 Å². The number of ketones is 1. The summed E-state index contributed by atoms with van der Waals surface area (Å²) in [6.07, 6.45) is 1.55. The lowest BCUT2D eigenvalue weighted by Crippen LogP contribution is -2.41. The van der Waals surface area contributed by atoms with Gasteiger partial charge in [0.25, 0.3) is 0 Å². The Morgan fingerprint density at radius 2 is 1.76 bits per heavy atom.